The fourth-order valence-electron chi connectivity index (χ4n) is 3.21. The van der Waals surface area contributed by atoms with Crippen LogP contribution in [0, 0.1) is 0 Å². The summed E-state index contributed by atoms with van der Waals surface area (Å²) in [7, 11) is 0. The first-order valence-electron chi connectivity index (χ1n) is 8.75. The number of aliphatic hydroxyl groups excluding tert-OH is 1. The van der Waals surface area contributed by atoms with Crippen molar-refractivity contribution in [3.63, 3.8) is 0 Å². The van der Waals surface area contributed by atoms with Crippen molar-refractivity contribution < 1.29 is 9.90 Å². The van der Waals surface area contributed by atoms with Crippen LogP contribution in [-0.4, -0.2) is 50.9 Å². The molecule has 1 fully saturated rings. The van der Waals surface area contributed by atoms with Gasteiger partial charge in [0.15, 0.2) is 11.6 Å². The molecule has 138 valence electrons. The zero-order valence-corrected chi connectivity index (χ0v) is 16.1. The standard InChI is InChI=1S/C19H24N4O2S/c1-13-11-22(18-6-8-20-19(21-18)15(3)24)12-14(2)23(13)9-7-16(25)17-5-4-10-26-17/h4-10,13-15,24H,11-12H2,1-3H3/b9-7+/t13-,14+,15-/m1/s1. The van der Waals surface area contributed by atoms with Crippen molar-refractivity contribution >= 4 is 22.9 Å². The van der Waals surface area contributed by atoms with Gasteiger partial charge in [0.25, 0.3) is 0 Å². The smallest absolute Gasteiger partial charge is 0.197 e. The van der Waals surface area contributed by atoms with Crippen LogP contribution in [0.2, 0.25) is 0 Å². The molecule has 0 aromatic carbocycles. The van der Waals surface area contributed by atoms with Crippen LogP contribution in [0.4, 0.5) is 5.82 Å². The average molecular weight is 372 g/mol. The first-order chi connectivity index (χ1) is 12.5. The van der Waals surface area contributed by atoms with E-state index in [2.05, 4.69) is 33.6 Å². The van der Waals surface area contributed by atoms with E-state index in [1.165, 1.54) is 11.3 Å². The van der Waals surface area contributed by atoms with Gasteiger partial charge in [0.2, 0.25) is 0 Å². The SMILES string of the molecule is C[C@@H]1CN(c2ccnc([C@@H](C)O)n2)C[C@H](C)N1/C=C/C(=O)c1cccs1. The second-order valence-electron chi connectivity index (χ2n) is 6.66. The summed E-state index contributed by atoms with van der Waals surface area (Å²) in [6.07, 6.45) is 4.57. The molecule has 1 aliphatic heterocycles. The molecule has 3 atom stereocenters. The monoisotopic (exact) mass is 372 g/mol. The number of rotatable bonds is 5. The number of allylic oxidation sites excluding steroid dienone is 1. The topological polar surface area (TPSA) is 69.6 Å². The zero-order chi connectivity index (χ0) is 18.7. The third kappa shape index (κ3) is 4.11. The van der Waals surface area contributed by atoms with Crippen molar-refractivity contribution in [1.82, 2.24) is 14.9 Å². The molecule has 0 spiro atoms. The lowest BCUT2D eigenvalue weighted by Gasteiger charge is -2.44. The minimum absolute atomic E-state index is 0.0409. The Kier molecular flexibility index (Phi) is 5.68. The number of carbonyl (C=O) groups excluding carboxylic acids is 1. The van der Waals surface area contributed by atoms with Crippen LogP contribution in [0.1, 0.15) is 42.4 Å². The van der Waals surface area contributed by atoms with Gasteiger partial charge in [-0.15, -0.1) is 11.3 Å². The molecule has 7 heteroatoms. The Morgan fingerprint density at radius 2 is 2.08 bits per heavy atom. The molecule has 1 N–H and O–H groups in total. The Bertz CT molecular complexity index is 764. The number of hydrogen-bond donors (Lipinski definition) is 1. The number of nitrogens with zero attached hydrogens (tertiary/aromatic N) is 4. The highest BCUT2D eigenvalue weighted by Gasteiger charge is 2.28. The Morgan fingerprint density at radius 3 is 2.69 bits per heavy atom. The molecule has 0 amide bonds. The molecule has 1 saturated heterocycles. The first-order valence-corrected chi connectivity index (χ1v) is 9.63. The minimum atomic E-state index is -0.683. The molecule has 0 saturated carbocycles. The molecule has 0 bridgehead atoms. The summed E-state index contributed by atoms with van der Waals surface area (Å²) >= 11 is 1.46. The fraction of sp³-hybridized carbons (Fsp3) is 0.421. The van der Waals surface area contributed by atoms with Crippen LogP contribution in [0.15, 0.2) is 42.1 Å². The number of aliphatic hydroxyl groups is 1. The highest BCUT2D eigenvalue weighted by atomic mass is 32.1. The van der Waals surface area contributed by atoms with Crippen molar-refractivity contribution in [2.24, 2.45) is 0 Å². The van der Waals surface area contributed by atoms with Crippen LogP contribution >= 0.6 is 11.3 Å². The lowest BCUT2D eigenvalue weighted by Crippen LogP contribution is -2.54. The van der Waals surface area contributed by atoms with Gasteiger partial charge < -0.3 is 14.9 Å². The number of ketones is 1. The molecule has 3 rings (SSSR count). The van der Waals surface area contributed by atoms with E-state index in [-0.39, 0.29) is 17.9 Å². The van der Waals surface area contributed by atoms with Crippen molar-refractivity contribution in [2.45, 2.75) is 39.0 Å². The van der Waals surface area contributed by atoms with Gasteiger partial charge in [-0.2, -0.15) is 0 Å². The minimum Gasteiger partial charge on any atom is -0.385 e. The van der Waals surface area contributed by atoms with Crippen molar-refractivity contribution in [3.8, 4) is 0 Å². The van der Waals surface area contributed by atoms with Gasteiger partial charge in [0, 0.05) is 43.6 Å². The van der Waals surface area contributed by atoms with Crippen molar-refractivity contribution in [2.75, 3.05) is 18.0 Å². The lowest BCUT2D eigenvalue weighted by atomic mass is 10.1. The van der Waals surface area contributed by atoms with Crippen LogP contribution < -0.4 is 4.90 Å². The van der Waals surface area contributed by atoms with E-state index in [0.717, 1.165) is 23.8 Å². The summed E-state index contributed by atoms with van der Waals surface area (Å²) < 4.78 is 0. The maximum Gasteiger partial charge on any atom is 0.197 e. The van der Waals surface area contributed by atoms with Gasteiger partial charge in [-0.3, -0.25) is 4.79 Å². The lowest BCUT2D eigenvalue weighted by molar-refractivity contribution is 0.104. The van der Waals surface area contributed by atoms with Gasteiger partial charge in [-0.25, -0.2) is 9.97 Å². The third-order valence-corrected chi connectivity index (χ3v) is 5.39. The van der Waals surface area contributed by atoms with Gasteiger partial charge >= 0.3 is 0 Å². The maximum atomic E-state index is 12.2. The number of carbonyl (C=O) groups is 1. The summed E-state index contributed by atoms with van der Waals surface area (Å²) in [5, 5.41) is 11.6. The van der Waals surface area contributed by atoms with Crippen LogP contribution in [0.3, 0.4) is 0 Å². The molecule has 0 unspecified atom stereocenters. The van der Waals surface area contributed by atoms with Gasteiger partial charge in [-0.1, -0.05) is 6.07 Å². The number of hydrogen-bond acceptors (Lipinski definition) is 7. The largest absolute Gasteiger partial charge is 0.385 e. The maximum absolute atomic E-state index is 12.2. The summed E-state index contributed by atoms with van der Waals surface area (Å²) in [5.74, 6) is 1.30. The normalized spacial score (nSPS) is 22.0. The number of anilines is 1. The molecule has 2 aromatic rings. The molecular weight excluding hydrogens is 348 g/mol. The van der Waals surface area contributed by atoms with E-state index in [0.29, 0.717) is 5.82 Å². The van der Waals surface area contributed by atoms with E-state index >= 15 is 0 Å². The molecule has 0 radical (unpaired) electrons. The molecular formula is C19H24N4O2S. The summed E-state index contributed by atoms with van der Waals surface area (Å²) in [4.78, 5) is 26.0. The molecule has 26 heavy (non-hydrogen) atoms. The molecule has 0 aliphatic carbocycles. The number of aromatic nitrogens is 2. The molecule has 1 aliphatic rings. The Hall–Kier alpha value is -2.25. The van der Waals surface area contributed by atoms with E-state index in [4.69, 9.17) is 0 Å². The number of thiophene rings is 1. The van der Waals surface area contributed by atoms with Crippen molar-refractivity contribution in [3.05, 3.63) is 52.8 Å². The van der Waals surface area contributed by atoms with Gasteiger partial charge in [-0.05, 0) is 38.3 Å². The predicted octanol–water partition coefficient (Wildman–Crippen LogP) is 2.89. The van der Waals surface area contributed by atoms with E-state index in [1.54, 1.807) is 19.2 Å². The fourth-order valence-corrected chi connectivity index (χ4v) is 3.86. The van der Waals surface area contributed by atoms with Crippen LogP contribution in [0.5, 0.6) is 0 Å². The third-order valence-electron chi connectivity index (χ3n) is 4.51. The first kappa shape index (κ1) is 18.5. The van der Waals surface area contributed by atoms with Gasteiger partial charge in [0.1, 0.15) is 11.9 Å². The highest BCUT2D eigenvalue weighted by Crippen LogP contribution is 2.22. The number of piperazine rings is 1. The van der Waals surface area contributed by atoms with Crippen LogP contribution in [0.25, 0.3) is 0 Å². The summed E-state index contributed by atoms with van der Waals surface area (Å²) in [6.45, 7) is 7.52. The Morgan fingerprint density at radius 1 is 1.35 bits per heavy atom. The van der Waals surface area contributed by atoms with Gasteiger partial charge in [0.05, 0.1) is 4.88 Å². The average Bonchev–Trinajstić information content (AvgIpc) is 3.15. The second kappa shape index (κ2) is 7.97. The summed E-state index contributed by atoms with van der Waals surface area (Å²) in [5.41, 5.74) is 0. The molecule has 3 heterocycles. The Labute approximate surface area is 157 Å². The molecule has 2 aromatic heterocycles. The van der Waals surface area contributed by atoms with E-state index in [1.807, 2.05) is 29.8 Å². The second-order valence-corrected chi connectivity index (χ2v) is 7.60. The highest BCUT2D eigenvalue weighted by molar-refractivity contribution is 7.12. The van der Waals surface area contributed by atoms with E-state index in [9.17, 15) is 9.90 Å². The van der Waals surface area contributed by atoms with Crippen molar-refractivity contribution in [1.29, 1.82) is 0 Å². The summed E-state index contributed by atoms with van der Waals surface area (Å²) in [6, 6.07) is 6.07. The Balaban J connectivity index is 1.69. The van der Waals surface area contributed by atoms with Crippen LogP contribution in [-0.2, 0) is 0 Å². The zero-order valence-electron chi connectivity index (χ0n) is 15.2. The van der Waals surface area contributed by atoms with E-state index < -0.39 is 6.10 Å². The quantitative estimate of drug-likeness (QED) is 0.643. The predicted molar refractivity (Wildman–Crippen MR) is 103 cm³/mol. The molecule has 6 nitrogen and oxygen atoms in total.